The van der Waals surface area contributed by atoms with Crippen LogP contribution in [0.4, 0.5) is 8.78 Å². The van der Waals surface area contributed by atoms with Crippen molar-refractivity contribution in [3.05, 3.63) is 132 Å². The molecular weight excluding hydrogens is 993 g/mol. The van der Waals surface area contributed by atoms with E-state index >= 15 is 4.39 Å². The standard InChI is InChI=1S/C54H61F2N7O13/c1-54(2,3)50(43-23-36(39-26-37(55)16-17-40(39)56)29-61(43)28-33-11-6-4-7-12-33)62(47(69)31-64)22-20-41(52(74)58-21-10-15-38(65)30-63-45(67)18-19-46(63)68)59-53(75)42(27-44(57)66)60-51(73)35(24-48(70)71)25-49(72)76-32-34-13-8-5-9-14-34/h4-9,11-14,16-19,23,26,29,35,41-42,50,64H,10,15,20-22,24-25,27-28,30-32H2,1-3H3,(H2,57,66)(H,58,74)(H,59,75)(H,60,73)(H,70,71)/t35-,41-,42-,50-/m0/s1. The van der Waals surface area contributed by atoms with Gasteiger partial charge in [-0.1, -0.05) is 81.4 Å². The Labute approximate surface area is 436 Å². The van der Waals surface area contributed by atoms with Gasteiger partial charge in [0, 0.05) is 61.2 Å². The van der Waals surface area contributed by atoms with E-state index in [0.29, 0.717) is 11.3 Å². The summed E-state index contributed by atoms with van der Waals surface area (Å²) in [4.78, 5) is 132. The van der Waals surface area contributed by atoms with Crippen LogP contribution in [-0.4, -0.2) is 122 Å². The second-order valence-corrected chi connectivity index (χ2v) is 19.2. The van der Waals surface area contributed by atoms with Crippen molar-refractivity contribution in [3.8, 4) is 11.1 Å². The summed E-state index contributed by atoms with van der Waals surface area (Å²) in [6.45, 7) is 3.20. The molecule has 4 atom stereocenters. The van der Waals surface area contributed by atoms with Crippen LogP contribution >= 0.6 is 0 Å². The van der Waals surface area contributed by atoms with Crippen molar-refractivity contribution >= 4 is 59.1 Å². The maximum absolute atomic E-state index is 15.4. The number of benzene rings is 3. The summed E-state index contributed by atoms with van der Waals surface area (Å²) in [5.41, 5.74) is 6.56. The van der Waals surface area contributed by atoms with E-state index in [1.54, 1.807) is 80.1 Å². The SMILES string of the molecule is CC(C)(C)[C@H](c1cc(-c2cc(F)ccc2F)cn1Cc1ccccc1)N(CC[C@H](NC(=O)[C@H](CC(N)=O)NC(=O)[C@@H](CC(=O)O)CC(=O)OCc1ccccc1)C(=O)NCCCC(=O)CN1C(=O)C=CC1=O)C(=O)CO. The quantitative estimate of drug-likeness (QED) is 0.0271. The Morgan fingerprint density at radius 3 is 2.03 bits per heavy atom. The third kappa shape index (κ3) is 17.1. The molecule has 0 fully saturated rings. The Kier molecular flexibility index (Phi) is 21.0. The van der Waals surface area contributed by atoms with Crippen LogP contribution in [-0.2, 0) is 65.8 Å². The molecule has 0 saturated carbocycles. The number of aliphatic hydroxyl groups is 1. The van der Waals surface area contributed by atoms with Crippen LogP contribution in [0.1, 0.15) is 82.2 Å². The van der Waals surface area contributed by atoms with Crippen molar-refractivity contribution < 1.29 is 71.7 Å². The molecule has 2 heterocycles. The molecular formula is C54H61F2N7O13. The highest BCUT2D eigenvalue weighted by Gasteiger charge is 2.39. The number of aliphatic hydroxyl groups excluding tert-OH is 1. The van der Waals surface area contributed by atoms with E-state index in [1.165, 1.54) is 4.90 Å². The smallest absolute Gasteiger partial charge is 0.306 e. The first kappa shape index (κ1) is 58.5. The fourth-order valence-electron chi connectivity index (χ4n) is 8.54. The number of nitrogens with two attached hydrogens (primary N) is 1. The number of Topliss-reactive ketones (excluding diaryl/α,β-unsaturated/α-hetero) is 1. The highest BCUT2D eigenvalue weighted by atomic mass is 19.1. The number of hydrogen-bond acceptors (Lipinski definition) is 12. The van der Waals surface area contributed by atoms with Crippen LogP contribution < -0.4 is 21.7 Å². The number of nitrogens with one attached hydrogen (secondary N) is 3. The van der Waals surface area contributed by atoms with Crippen LogP contribution in [0, 0.1) is 23.0 Å². The molecule has 5 rings (SSSR count). The normalized spacial score (nSPS) is 13.8. The van der Waals surface area contributed by atoms with Gasteiger partial charge in [0.2, 0.25) is 29.5 Å². The molecule has 0 spiro atoms. The summed E-state index contributed by atoms with van der Waals surface area (Å²) in [7, 11) is 0. The third-order valence-corrected chi connectivity index (χ3v) is 12.2. The van der Waals surface area contributed by atoms with Gasteiger partial charge in [-0.15, -0.1) is 0 Å². The van der Waals surface area contributed by atoms with Gasteiger partial charge in [0.05, 0.1) is 37.8 Å². The van der Waals surface area contributed by atoms with Crippen LogP contribution in [0.2, 0.25) is 0 Å². The van der Waals surface area contributed by atoms with Gasteiger partial charge in [-0.2, -0.15) is 0 Å². The molecule has 0 bridgehead atoms. The third-order valence-electron chi connectivity index (χ3n) is 12.2. The number of primary amides is 1. The van der Waals surface area contributed by atoms with Crippen LogP contribution in [0.3, 0.4) is 0 Å². The number of rotatable bonds is 28. The molecule has 3 aromatic carbocycles. The zero-order chi connectivity index (χ0) is 55.7. The first-order chi connectivity index (χ1) is 36.0. The molecule has 7 N–H and O–H groups in total. The van der Waals surface area contributed by atoms with E-state index in [-0.39, 0.29) is 43.7 Å². The summed E-state index contributed by atoms with van der Waals surface area (Å²) in [5, 5.41) is 27.5. The average Bonchev–Trinajstić information content (AvgIpc) is 3.92. The van der Waals surface area contributed by atoms with Crippen molar-refractivity contribution in [2.45, 2.75) is 90.6 Å². The predicted octanol–water partition coefficient (Wildman–Crippen LogP) is 3.24. The first-order valence-corrected chi connectivity index (χ1v) is 24.3. The number of carbonyl (C=O) groups excluding carboxylic acids is 9. The van der Waals surface area contributed by atoms with E-state index in [0.717, 1.165) is 40.8 Å². The first-order valence-electron chi connectivity index (χ1n) is 24.3. The van der Waals surface area contributed by atoms with Gasteiger partial charge in [0.25, 0.3) is 11.8 Å². The molecule has 0 saturated heterocycles. The zero-order valence-corrected chi connectivity index (χ0v) is 42.2. The second-order valence-electron chi connectivity index (χ2n) is 19.2. The number of aliphatic carboxylic acids is 1. The Balaban J connectivity index is 1.45. The number of nitrogens with zero attached hydrogens (tertiary/aromatic N) is 3. The summed E-state index contributed by atoms with van der Waals surface area (Å²) in [6.07, 6.45) is 0.475. The number of ether oxygens (including phenoxy) is 1. The van der Waals surface area contributed by atoms with Gasteiger partial charge < -0.3 is 46.1 Å². The lowest BCUT2D eigenvalue weighted by Crippen LogP contribution is -2.56. The molecule has 0 unspecified atom stereocenters. The minimum atomic E-state index is -1.86. The molecule has 20 nitrogen and oxygen atoms in total. The van der Waals surface area contributed by atoms with E-state index in [2.05, 4.69) is 16.0 Å². The molecule has 22 heteroatoms. The van der Waals surface area contributed by atoms with Crippen molar-refractivity contribution in [1.82, 2.24) is 30.3 Å². The van der Waals surface area contributed by atoms with Crippen molar-refractivity contribution in [3.63, 3.8) is 0 Å². The van der Waals surface area contributed by atoms with Gasteiger partial charge in [-0.25, -0.2) is 8.78 Å². The van der Waals surface area contributed by atoms with Gasteiger partial charge in [0.1, 0.15) is 36.9 Å². The number of halogens is 2. The molecule has 0 aliphatic carbocycles. The Morgan fingerprint density at radius 2 is 1.42 bits per heavy atom. The van der Waals surface area contributed by atoms with Gasteiger partial charge in [0.15, 0.2) is 5.78 Å². The maximum atomic E-state index is 15.4. The topological polar surface area (TPSA) is 294 Å². The van der Waals surface area contributed by atoms with Crippen molar-refractivity contribution in [2.75, 3.05) is 26.2 Å². The highest BCUT2D eigenvalue weighted by Crippen LogP contribution is 2.41. The molecule has 1 aliphatic heterocycles. The molecule has 7 amide bonds. The maximum Gasteiger partial charge on any atom is 0.306 e. The van der Waals surface area contributed by atoms with E-state index in [1.807, 2.05) is 18.2 Å². The molecule has 1 aliphatic rings. The lowest BCUT2D eigenvalue weighted by molar-refractivity contribution is -0.150. The minimum Gasteiger partial charge on any atom is -0.481 e. The number of carbonyl (C=O) groups is 10. The van der Waals surface area contributed by atoms with E-state index in [9.17, 15) is 62.5 Å². The fraction of sp³-hybridized carbons (Fsp3) is 0.370. The number of ketones is 1. The Hall–Kier alpha value is -8.40. The summed E-state index contributed by atoms with van der Waals surface area (Å²) in [5.74, 6) is -12.5. The molecule has 76 heavy (non-hydrogen) atoms. The summed E-state index contributed by atoms with van der Waals surface area (Å²) < 4.78 is 37.0. The van der Waals surface area contributed by atoms with Gasteiger partial charge in [-0.3, -0.25) is 52.8 Å². The molecule has 404 valence electrons. The number of aromatic nitrogens is 1. The lowest BCUT2D eigenvalue weighted by atomic mass is 9.82. The monoisotopic (exact) mass is 1050 g/mol. The number of carboxylic acids is 1. The molecule has 1 aromatic heterocycles. The number of imide groups is 1. The van der Waals surface area contributed by atoms with Crippen LogP contribution in [0.5, 0.6) is 0 Å². The summed E-state index contributed by atoms with van der Waals surface area (Å²) >= 11 is 0. The second kappa shape index (κ2) is 27.2. The number of esters is 1. The van der Waals surface area contributed by atoms with Gasteiger partial charge >= 0.3 is 11.9 Å². The van der Waals surface area contributed by atoms with Crippen LogP contribution in [0.25, 0.3) is 11.1 Å². The zero-order valence-electron chi connectivity index (χ0n) is 42.2. The Bertz CT molecular complexity index is 2800. The number of carboxylic acid groups (broad SMARTS) is 1. The summed E-state index contributed by atoms with van der Waals surface area (Å²) in [6, 6.07) is 17.7. The highest BCUT2D eigenvalue weighted by molar-refractivity contribution is 6.14. The molecule has 0 radical (unpaired) electrons. The van der Waals surface area contributed by atoms with E-state index in [4.69, 9.17) is 10.5 Å². The van der Waals surface area contributed by atoms with Crippen molar-refractivity contribution in [1.29, 1.82) is 0 Å². The van der Waals surface area contributed by atoms with Crippen LogP contribution in [0.15, 0.2) is 103 Å². The number of amides is 7. The predicted molar refractivity (Wildman–Crippen MR) is 268 cm³/mol. The minimum absolute atomic E-state index is 0.0120. The Morgan fingerprint density at radius 1 is 0.789 bits per heavy atom. The molecule has 4 aromatic rings. The number of hydrogen-bond donors (Lipinski definition) is 6. The lowest BCUT2D eigenvalue weighted by Gasteiger charge is -2.41. The largest absolute Gasteiger partial charge is 0.481 e. The van der Waals surface area contributed by atoms with Gasteiger partial charge in [-0.05, 0) is 53.6 Å². The van der Waals surface area contributed by atoms with Crippen molar-refractivity contribution in [2.24, 2.45) is 17.1 Å². The fourth-order valence-corrected chi connectivity index (χ4v) is 8.54. The average molecular weight is 1050 g/mol. The van der Waals surface area contributed by atoms with E-state index < -0.39 is 146 Å².